The maximum absolute atomic E-state index is 13.7. The standard InChI is InChI=1S/C25H19BrN2O5S2/c1-4-32-24(31)22-12(2)27-25(35-22)28-19(13-5-8-15(34-3)9-6-13)18-20(29)16-11-14(26)7-10-17(16)33-21(18)23(28)30/h5-11,19H,4H2,1-3H3. The minimum atomic E-state index is -0.756. The van der Waals surface area contributed by atoms with Gasteiger partial charge in [0.2, 0.25) is 5.76 Å². The van der Waals surface area contributed by atoms with E-state index in [1.807, 2.05) is 30.5 Å². The summed E-state index contributed by atoms with van der Waals surface area (Å²) < 4.78 is 11.9. The highest BCUT2D eigenvalue weighted by atomic mass is 79.9. The van der Waals surface area contributed by atoms with Crippen molar-refractivity contribution in [3.63, 3.8) is 0 Å². The molecule has 0 fully saturated rings. The number of hydrogen-bond donors (Lipinski definition) is 0. The summed E-state index contributed by atoms with van der Waals surface area (Å²) in [6.07, 6.45) is 1.98. The number of thiazole rings is 1. The molecule has 1 aliphatic rings. The van der Waals surface area contributed by atoms with Gasteiger partial charge in [-0.25, -0.2) is 9.78 Å². The molecule has 3 heterocycles. The van der Waals surface area contributed by atoms with Gasteiger partial charge in [-0.05, 0) is 56.0 Å². The summed E-state index contributed by atoms with van der Waals surface area (Å²) in [7, 11) is 0. The van der Waals surface area contributed by atoms with Crippen molar-refractivity contribution >= 4 is 67.0 Å². The zero-order valence-corrected chi connectivity index (χ0v) is 22.2. The van der Waals surface area contributed by atoms with Crippen LogP contribution in [0.5, 0.6) is 0 Å². The first kappa shape index (κ1) is 23.8. The van der Waals surface area contributed by atoms with E-state index in [0.29, 0.717) is 26.7 Å². The highest BCUT2D eigenvalue weighted by Gasteiger charge is 2.45. The summed E-state index contributed by atoms with van der Waals surface area (Å²) in [6.45, 7) is 3.65. The average Bonchev–Trinajstić information content (AvgIpc) is 3.37. The van der Waals surface area contributed by atoms with Gasteiger partial charge in [0.25, 0.3) is 5.91 Å². The Morgan fingerprint density at radius 3 is 2.66 bits per heavy atom. The molecular weight excluding hydrogens is 552 g/mol. The van der Waals surface area contributed by atoms with Crippen LogP contribution >= 0.6 is 39.0 Å². The zero-order valence-electron chi connectivity index (χ0n) is 19.0. The minimum Gasteiger partial charge on any atom is -0.462 e. The molecule has 35 heavy (non-hydrogen) atoms. The highest BCUT2D eigenvalue weighted by molar-refractivity contribution is 9.10. The Hall–Kier alpha value is -2.95. The van der Waals surface area contributed by atoms with Gasteiger partial charge >= 0.3 is 5.97 Å². The van der Waals surface area contributed by atoms with Gasteiger partial charge < -0.3 is 9.15 Å². The molecule has 0 bridgehead atoms. The fraction of sp³-hybridized carbons (Fsp3) is 0.200. The van der Waals surface area contributed by atoms with Crippen LogP contribution in [0.1, 0.15) is 50.0 Å². The van der Waals surface area contributed by atoms with Crippen LogP contribution in [-0.2, 0) is 4.74 Å². The van der Waals surface area contributed by atoms with Crippen LogP contribution in [0.3, 0.4) is 0 Å². The Labute approximate surface area is 217 Å². The SMILES string of the molecule is CCOC(=O)c1sc(N2C(=O)c3oc4ccc(Br)cc4c(=O)c3C2c2ccc(SC)cc2)nc1C. The molecule has 178 valence electrons. The number of rotatable bonds is 5. The number of nitrogens with zero attached hydrogens (tertiary/aromatic N) is 2. The number of halogens is 1. The zero-order chi connectivity index (χ0) is 24.9. The molecular formula is C25H19BrN2O5S2. The lowest BCUT2D eigenvalue weighted by Gasteiger charge is -2.22. The summed E-state index contributed by atoms with van der Waals surface area (Å²) in [5.41, 5.74) is 1.49. The number of aromatic nitrogens is 1. The van der Waals surface area contributed by atoms with E-state index >= 15 is 0 Å². The van der Waals surface area contributed by atoms with Gasteiger partial charge in [-0.1, -0.05) is 39.4 Å². The van der Waals surface area contributed by atoms with Crippen molar-refractivity contribution in [2.24, 2.45) is 0 Å². The number of fused-ring (bicyclic) bond motifs is 2. The Balaban J connectivity index is 1.74. The molecule has 5 rings (SSSR count). The van der Waals surface area contributed by atoms with Crippen LogP contribution < -0.4 is 10.3 Å². The third-order valence-corrected chi connectivity index (χ3v) is 8.09. The summed E-state index contributed by atoms with van der Waals surface area (Å²) in [4.78, 5) is 47.2. The number of ether oxygens (including phenoxy) is 1. The summed E-state index contributed by atoms with van der Waals surface area (Å²) in [5.74, 6) is -0.997. The molecule has 4 aromatic rings. The highest BCUT2D eigenvalue weighted by Crippen LogP contribution is 2.43. The largest absolute Gasteiger partial charge is 0.462 e. The molecule has 1 aliphatic heterocycles. The van der Waals surface area contributed by atoms with E-state index in [1.165, 1.54) is 4.90 Å². The maximum atomic E-state index is 13.7. The quantitative estimate of drug-likeness (QED) is 0.215. The lowest BCUT2D eigenvalue weighted by molar-refractivity contribution is 0.0531. The monoisotopic (exact) mass is 570 g/mol. The van der Waals surface area contributed by atoms with Crippen molar-refractivity contribution in [2.45, 2.75) is 24.8 Å². The molecule has 1 unspecified atom stereocenters. The molecule has 2 aromatic carbocycles. The fourth-order valence-electron chi connectivity index (χ4n) is 4.12. The van der Waals surface area contributed by atoms with Gasteiger partial charge in [-0.2, -0.15) is 0 Å². The number of carbonyl (C=O) groups is 2. The molecule has 0 N–H and O–H groups in total. The van der Waals surface area contributed by atoms with E-state index in [4.69, 9.17) is 9.15 Å². The van der Waals surface area contributed by atoms with Gasteiger partial charge in [0.05, 0.1) is 29.3 Å². The van der Waals surface area contributed by atoms with Crippen LogP contribution in [0.4, 0.5) is 5.13 Å². The van der Waals surface area contributed by atoms with Gasteiger partial charge in [-0.15, -0.1) is 11.8 Å². The molecule has 0 spiro atoms. The van der Waals surface area contributed by atoms with Crippen LogP contribution in [0, 0.1) is 6.92 Å². The van der Waals surface area contributed by atoms with E-state index in [1.54, 1.807) is 43.8 Å². The second-order valence-electron chi connectivity index (χ2n) is 7.80. The predicted octanol–water partition coefficient (Wildman–Crippen LogP) is 5.97. The predicted molar refractivity (Wildman–Crippen MR) is 140 cm³/mol. The van der Waals surface area contributed by atoms with E-state index in [-0.39, 0.29) is 23.4 Å². The number of carbonyl (C=O) groups excluding carboxylic acids is 2. The van der Waals surface area contributed by atoms with Crippen molar-refractivity contribution in [1.29, 1.82) is 0 Å². The van der Waals surface area contributed by atoms with Gasteiger partial charge in [0.1, 0.15) is 10.5 Å². The molecule has 0 aliphatic carbocycles. The van der Waals surface area contributed by atoms with Crippen molar-refractivity contribution in [3.8, 4) is 0 Å². The maximum Gasteiger partial charge on any atom is 0.350 e. The molecule has 2 aromatic heterocycles. The fourth-order valence-corrected chi connectivity index (χ4v) is 5.87. The summed E-state index contributed by atoms with van der Waals surface area (Å²) >= 11 is 6.07. The van der Waals surface area contributed by atoms with Gasteiger partial charge in [-0.3, -0.25) is 14.5 Å². The van der Waals surface area contributed by atoms with Crippen molar-refractivity contribution < 1.29 is 18.7 Å². The number of anilines is 1. The molecule has 7 nitrogen and oxygen atoms in total. The number of amides is 1. The Morgan fingerprint density at radius 2 is 1.97 bits per heavy atom. The van der Waals surface area contributed by atoms with E-state index < -0.39 is 17.9 Å². The lowest BCUT2D eigenvalue weighted by atomic mass is 9.99. The van der Waals surface area contributed by atoms with E-state index in [2.05, 4.69) is 20.9 Å². The van der Waals surface area contributed by atoms with Crippen molar-refractivity contribution in [3.05, 3.63) is 84.6 Å². The smallest absolute Gasteiger partial charge is 0.350 e. The molecule has 10 heteroatoms. The number of benzene rings is 2. The normalized spacial score (nSPS) is 15.0. The third-order valence-electron chi connectivity index (χ3n) is 5.72. The average molecular weight is 571 g/mol. The van der Waals surface area contributed by atoms with Crippen LogP contribution in [0.2, 0.25) is 0 Å². The van der Waals surface area contributed by atoms with Crippen LogP contribution in [-0.4, -0.2) is 29.7 Å². The van der Waals surface area contributed by atoms with E-state index in [0.717, 1.165) is 26.3 Å². The topological polar surface area (TPSA) is 89.7 Å². The first-order valence-electron chi connectivity index (χ1n) is 10.7. The molecule has 1 atom stereocenters. The van der Waals surface area contributed by atoms with Gasteiger partial charge in [0.15, 0.2) is 10.6 Å². The van der Waals surface area contributed by atoms with Crippen LogP contribution in [0.25, 0.3) is 11.0 Å². The Bertz CT molecular complexity index is 1540. The third kappa shape index (κ3) is 3.99. The Morgan fingerprint density at radius 1 is 1.23 bits per heavy atom. The first-order chi connectivity index (χ1) is 16.8. The second-order valence-corrected chi connectivity index (χ2v) is 10.6. The second kappa shape index (κ2) is 9.25. The first-order valence-corrected chi connectivity index (χ1v) is 13.6. The van der Waals surface area contributed by atoms with Crippen LogP contribution in [0.15, 0.2) is 61.0 Å². The number of hydrogen-bond acceptors (Lipinski definition) is 8. The molecule has 0 radical (unpaired) electrons. The van der Waals surface area contributed by atoms with Crippen molar-refractivity contribution in [1.82, 2.24) is 4.98 Å². The lowest BCUT2D eigenvalue weighted by Crippen LogP contribution is -2.29. The van der Waals surface area contributed by atoms with Gasteiger partial charge in [0, 0.05) is 9.37 Å². The molecule has 0 saturated carbocycles. The molecule has 1 amide bonds. The Kier molecular flexibility index (Phi) is 6.29. The minimum absolute atomic E-state index is 0.0192. The summed E-state index contributed by atoms with van der Waals surface area (Å²) in [5, 5.41) is 0.673. The van der Waals surface area contributed by atoms with E-state index in [9.17, 15) is 14.4 Å². The molecule has 0 saturated heterocycles. The number of thioether (sulfide) groups is 1. The van der Waals surface area contributed by atoms with Crippen molar-refractivity contribution in [2.75, 3.05) is 17.8 Å². The number of esters is 1. The summed E-state index contributed by atoms with van der Waals surface area (Å²) in [6, 6.07) is 12.0. The number of aryl methyl sites for hydroxylation is 1.